The molecule has 0 saturated heterocycles. The Kier molecular flexibility index (Phi) is 5.70. The average molecular weight is 245 g/mol. The molecule has 0 unspecified atom stereocenters. The Morgan fingerprint density at radius 3 is 2.21 bits per heavy atom. The Labute approximate surface area is 110 Å². The molecule has 0 saturated carbocycles. The molecular formula is C7H6ClNaO4S. The molecular weight excluding hydrogens is 239 g/mol. The minimum absolute atomic E-state index is 0. The summed E-state index contributed by atoms with van der Waals surface area (Å²) >= 11 is 4.77. The summed E-state index contributed by atoms with van der Waals surface area (Å²) in [5.74, 6) is 0.0523. The van der Waals surface area contributed by atoms with E-state index in [1.807, 2.05) is 0 Å². The summed E-state index contributed by atoms with van der Waals surface area (Å²) in [6, 6.07) is 7.63. The van der Waals surface area contributed by atoms with Crippen molar-refractivity contribution in [3.05, 3.63) is 30.3 Å². The molecule has 0 spiro atoms. The summed E-state index contributed by atoms with van der Waals surface area (Å²) in [7, 11) is -4.32. The maximum atomic E-state index is 10.8. The molecule has 0 aliphatic heterocycles. The van der Waals surface area contributed by atoms with Crippen LogP contribution in [-0.4, -0.2) is 13.0 Å². The van der Waals surface area contributed by atoms with Crippen molar-refractivity contribution in [1.82, 2.24) is 0 Å². The van der Waals surface area contributed by atoms with E-state index in [9.17, 15) is 13.2 Å². The van der Waals surface area contributed by atoms with Crippen molar-refractivity contribution < 1.29 is 48.4 Å². The average Bonchev–Trinajstić information content (AvgIpc) is 2.05. The van der Waals surface area contributed by atoms with Gasteiger partial charge in [-0.3, -0.25) is 4.79 Å². The fraction of sp³-hybridized carbons (Fsp3) is 0. The zero-order valence-corrected chi connectivity index (χ0v) is 10.9. The predicted octanol–water partition coefficient (Wildman–Crippen LogP) is -1.13. The molecule has 0 radical (unpaired) electrons. The first-order chi connectivity index (χ1) is 6.02. The second kappa shape index (κ2) is 5.72. The van der Waals surface area contributed by atoms with E-state index in [1.54, 1.807) is 18.2 Å². The summed E-state index contributed by atoms with van der Waals surface area (Å²) in [6.45, 7) is 0. The molecule has 0 atom stereocenters. The van der Waals surface area contributed by atoms with Gasteiger partial charge in [-0.25, -0.2) is 0 Å². The topological polar surface area (TPSA) is 60.4 Å². The fourth-order valence-corrected chi connectivity index (χ4v) is 1.16. The van der Waals surface area contributed by atoms with E-state index < -0.39 is 14.7 Å². The van der Waals surface area contributed by atoms with Crippen molar-refractivity contribution in [2.45, 2.75) is 0 Å². The molecule has 0 aromatic heterocycles. The minimum Gasteiger partial charge on any atom is -1.00 e. The van der Waals surface area contributed by atoms with Gasteiger partial charge in [-0.1, -0.05) is 18.2 Å². The van der Waals surface area contributed by atoms with Crippen LogP contribution in [-0.2, 0) is 10.1 Å². The van der Waals surface area contributed by atoms with Crippen molar-refractivity contribution in [3.8, 4) is 5.75 Å². The summed E-state index contributed by atoms with van der Waals surface area (Å²) < 4.78 is 24.4. The van der Waals surface area contributed by atoms with Crippen LogP contribution in [0.4, 0.5) is 4.79 Å². The largest absolute Gasteiger partial charge is 1.00 e. The van der Waals surface area contributed by atoms with E-state index >= 15 is 0 Å². The number of carbonyl (C=O) groups excluding carboxylic acids is 1. The van der Waals surface area contributed by atoms with Gasteiger partial charge in [0.05, 0.1) is 0 Å². The summed E-state index contributed by atoms with van der Waals surface area (Å²) in [5.41, 5.74) is 0. The van der Waals surface area contributed by atoms with Crippen LogP contribution in [0.2, 0.25) is 0 Å². The van der Waals surface area contributed by atoms with Crippen LogP contribution in [0.3, 0.4) is 0 Å². The molecule has 7 heteroatoms. The maximum Gasteiger partial charge on any atom is 1.00 e. The van der Waals surface area contributed by atoms with E-state index in [2.05, 4.69) is 4.18 Å². The Balaban J connectivity index is 0. The first kappa shape index (κ1) is 13.9. The molecule has 1 aromatic rings. The molecule has 0 aliphatic carbocycles. The Morgan fingerprint density at radius 2 is 1.79 bits per heavy atom. The second-order valence-electron chi connectivity index (χ2n) is 2.09. The summed E-state index contributed by atoms with van der Waals surface area (Å²) in [6.07, 6.45) is 0. The Hall–Kier alpha value is -0.0700. The van der Waals surface area contributed by atoms with Crippen LogP contribution < -0.4 is 33.7 Å². The molecule has 0 fully saturated rings. The van der Waals surface area contributed by atoms with Crippen molar-refractivity contribution in [3.63, 3.8) is 0 Å². The summed E-state index contributed by atoms with van der Waals surface area (Å²) in [5, 5.41) is 0. The number of benzene rings is 1. The van der Waals surface area contributed by atoms with Crippen molar-refractivity contribution in [2.75, 3.05) is 0 Å². The van der Waals surface area contributed by atoms with Crippen LogP contribution >= 0.6 is 11.6 Å². The van der Waals surface area contributed by atoms with Crippen molar-refractivity contribution in [1.29, 1.82) is 0 Å². The maximum absolute atomic E-state index is 10.8. The van der Waals surface area contributed by atoms with Gasteiger partial charge in [0, 0.05) is 0 Å². The van der Waals surface area contributed by atoms with Gasteiger partial charge >= 0.3 is 44.2 Å². The molecule has 0 heterocycles. The quantitative estimate of drug-likeness (QED) is 0.375. The second-order valence-corrected chi connectivity index (χ2v) is 4.10. The molecule has 72 valence electrons. The van der Waals surface area contributed by atoms with E-state index in [0.29, 0.717) is 0 Å². The number of para-hydroxylation sites is 1. The van der Waals surface area contributed by atoms with Crippen LogP contribution in [0.1, 0.15) is 1.43 Å². The van der Waals surface area contributed by atoms with Gasteiger partial charge in [0.25, 0.3) is 0 Å². The van der Waals surface area contributed by atoms with Gasteiger partial charge in [0.15, 0.2) is 0 Å². The van der Waals surface area contributed by atoms with Crippen LogP contribution in [0.15, 0.2) is 30.3 Å². The summed E-state index contributed by atoms with van der Waals surface area (Å²) in [4.78, 5) is 10.3. The minimum atomic E-state index is -4.32. The van der Waals surface area contributed by atoms with Gasteiger partial charge in [-0.15, -0.1) is 0 Å². The number of hydrogen-bond donors (Lipinski definition) is 0. The number of carbonyl (C=O) groups is 1. The van der Waals surface area contributed by atoms with E-state index in [4.69, 9.17) is 11.6 Å². The predicted molar refractivity (Wildman–Crippen MR) is 48.4 cm³/mol. The fourth-order valence-electron chi connectivity index (χ4n) is 0.635. The number of hydrogen-bond acceptors (Lipinski definition) is 4. The van der Waals surface area contributed by atoms with Gasteiger partial charge in [0.2, 0.25) is 0 Å². The number of rotatable bonds is 2. The molecule has 0 bridgehead atoms. The SMILES string of the molecule is O=C(Cl)S(=O)(=O)Oc1ccccc1.[H-].[Na+]. The Morgan fingerprint density at radius 1 is 1.29 bits per heavy atom. The first-order valence-electron chi connectivity index (χ1n) is 3.21. The zero-order chi connectivity index (χ0) is 9.90. The van der Waals surface area contributed by atoms with Crippen LogP contribution in [0, 0.1) is 0 Å². The van der Waals surface area contributed by atoms with Gasteiger partial charge in [-0.2, -0.15) is 8.42 Å². The standard InChI is InChI=1S/C7H5ClO4S.Na.H/c8-7(9)13(10,11)12-6-4-2-1-3-5-6;;/h1-5H;;/q;+1;-1. The molecule has 0 aliphatic rings. The third kappa shape index (κ3) is 3.98. The number of halogens is 1. The van der Waals surface area contributed by atoms with E-state index in [0.717, 1.165) is 0 Å². The molecule has 0 amide bonds. The third-order valence-electron chi connectivity index (χ3n) is 1.15. The first-order valence-corrected chi connectivity index (χ1v) is 5.00. The smallest absolute Gasteiger partial charge is 1.00 e. The molecule has 14 heavy (non-hydrogen) atoms. The van der Waals surface area contributed by atoms with Gasteiger partial charge in [-0.05, 0) is 23.7 Å². The molecule has 1 aromatic carbocycles. The van der Waals surface area contributed by atoms with Crippen molar-refractivity contribution >= 4 is 26.3 Å². The van der Waals surface area contributed by atoms with Crippen LogP contribution in [0.25, 0.3) is 0 Å². The third-order valence-corrected chi connectivity index (χ3v) is 2.52. The van der Waals surface area contributed by atoms with E-state index in [-0.39, 0.29) is 36.7 Å². The van der Waals surface area contributed by atoms with E-state index in [1.165, 1.54) is 12.1 Å². The van der Waals surface area contributed by atoms with Crippen molar-refractivity contribution in [2.24, 2.45) is 0 Å². The molecule has 1 rings (SSSR count). The molecule has 0 N–H and O–H groups in total. The Bertz CT molecular complexity index is 408. The van der Waals surface area contributed by atoms with Gasteiger partial charge in [0.1, 0.15) is 5.75 Å². The zero-order valence-electron chi connectivity index (χ0n) is 8.31. The molecule has 4 nitrogen and oxygen atoms in total. The monoisotopic (exact) mass is 244 g/mol. The van der Waals surface area contributed by atoms with Gasteiger partial charge < -0.3 is 5.61 Å². The van der Waals surface area contributed by atoms with Crippen LogP contribution in [0.5, 0.6) is 5.75 Å². The normalized spacial score (nSPS) is 10.1.